The van der Waals surface area contributed by atoms with Crippen molar-refractivity contribution in [1.82, 2.24) is 5.01 Å². The van der Waals surface area contributed by atoms with Crippen LogP contribution in [0.25, 0.3) is 0 Å². The lowest BCUT2D eigenvalue weighted by molar-refractivity contribution is -0.110. The van der Waals surface area contributed by atoms with Crippen LogP contribution in [-0.4, -0.2) is 30.7 Å². The summed E-state index contributed by atoms with van der Waals surface area (Å²) in [6.07, 6.45) is 0. The molecule has 15 heavy (non-hydrogen) atoms. The zero-order valence-electron chi connectivity index (χ0n) is 8.41. The summed E-state index contributed by atoms with van der Waals surface area (Å²) in [5, 5.41) is 8.93. The van der Waals surface area contributed by atoms with Gasteiger partial charge in [0.2, 0.25) is 0 Å². The third kappa shape index (κ3) is 1.68. The molecule has 78 valence electrons. The molecule has 0 atom stereocenters. The monoisotopic (exact) mass is 223 g/mol. The third-order valence-electron chi connectivity index (χ3n) is 2.02. The van der Waals surface area contributed by atoms with Gasteiger partial charge in [0.15, 0.2) is 5.71 Å². The fraction of sp³-hybridized carbons (Fsp3) is 0.200. The minimum Gasteiger partial charge on any atom is -0.319 e. The molecule has 1 N–H and O–H groups in total. The molecule has 1 aliphatic rings. The maximum atomic E-state index is 11.6. The van der Waals surface area contributed by atoms with Gasteiger partial charge in [0.05, 0.1) is 10.7 Å². The summed E-state index contributed by atoms with van der Waals surface area (Å²) in [5.74, 6) is -0.216. The van der Waals surface area contributed by atoms with Gasteiger partial charge >= 0.3 is 0 Å². The largest absolute Gasteiger partial charge is 0.319 e. The van der Waals surface area contributed by atoms with Gasteiger partial charge in [-0.1, -0.05) is 23.7 Å². The van der Waals surface area contributed by atoms with Crippen molar-refractivity contribution in [1.29, 1.82) is 0 Å². The maximum Gasteiger partial charge on any atom is 0.276 e. The van der Waals surface area contributed by atoms with E-state index < -0.39 is 0 Å². The van der Waals surface area contributed by atoms with E-state index in [0.29, 0.717) is 16.4 Å². The molecule has 0 saturated carbocycles. The summed E-state index contributed by atoms with van der Waals surface area (Å²) in [6, 6.07) is 5.35. The summed E-state index contributed by atoms with van der Waals surface area (Å²) in [5.41, 5.74) is 1.79. The van der Waals surface area contributed by atoms with Crippen LogP contribution in [0.1, 0.15) is 5.56 Å². The number of anilines is 1. The van der Waals surface area contributed by atoms with Crippen LogP contribution in [0.15, 0.2) is 23.3 Å². The smallest absolute Gasteiger partial charge is 0.276 e. The Morgan fingerprint density at radius 3 is 2.80 bits per heavy atom. The molecule has 0 fully saturated rings. The van der Waals surface area contributed by atoms with E-state index in [0.717, 1.165) is 5.56 Å². The molecule has 0 aromatic heterocycles. The van der Waals surface area contributed by atoms with E-state index in [2.05, 4.69) is 10.4 Å². The molecule has 2 rings (SSSR count). The molecule has 0 radical (unpaired) electrons. The zero-order chi connectivity index (χ0) is 11.0. The molecule has 0 bridgehead atoms. The Morgan fingerprint density at radius 2 is 2.13 bits per heavy atom. The number of hydrogen-bond acceptors (Lipinski definition) is 3. The Bertz CT molecular complexity index is 454. The number of hydrogen-bond donors (Lipinski definition) is 1. The van der Waals surface area contributed by atoms with Crippen molar-refractivity contribution in [2.75, 3.05) is 19.4 Å². The molecule has 1 amide bonds. The third-order valence-corrected chi connectivity index (χ3v) is 2.34. The van der Waals surface area contributed by atoms with E-state index in [-0.39, 0.29) is 5.91 Å². The maximum absolute atomic E-state index is 11.6. The molecule has 0 saturated heterocycles. The number of amides is 1. The molecule has 0 unspecified atom stereocenters. The zero-order valence-corrected chi connectivity index (χ0v) is 9.17. The van der Waals surface area contributed by atoms with Gasteiger partial charge in [0, 0.05) is 19.7 Å². The Balaban J connectivity index is 2.56. The SMILES string of the molecule is CN(C)/N=C1\C(=O)Nc2c(Cl)cccc21. The Hall–Kier alpha value is -1.55. The average Bonchev–Trinajstić information content (AvgIpc) is 2.45. The minimum absolute atomic E-state index is 0.216. The molecule has 1 aromatic rings. The quantitative estimate of drug-likeness (QED) is 0.735. The Kier molecular flexibility index (Phi) is 2.36. The van der Waals surface area contributed by atoms with E-state index in [4.69, 9.17) is 11.6 Å². The number of rotatable bonds is 1. The van der Waals surface area contributed by atoms with Gasteiger partial charge in [-0.3, -0.25) is 4.79 Å². The molecular weight excluding hydrogens is 214 g/mol. The number of carbonyl (C=O) groups excluding carboxylic acids is 1. The van der Waals surface area contributed by atoms with Gasteiger partial charge in [-0.2, -0.15) is 5.10 Å². The summed E-state index contributed by atoms with van der Waals surface area (Å²) >= 11 is 5.95. The van der Waals surface area contributed by atoms with Crippen molar-refractivity contribution in [3.8, 4) is 0 Å². The minimum atomic E-state index is -0.216. The second kappa shape index (κ2) is 3.55. The highest BCUT2D eigenvalue weighted by Gasteiger charge is 2.27. The van der Waals surface area contributed by atoms with Crippen LogP contribution in [0.5, 0.6) is 0 Å². The van der Waals surface area contributed by atoms with Gasteiger partial charge < -0.3 is 10.3 Å². The van der Waals surface area contributed by atoms with Crippen LogP contribution in [0, 0.1) is 0 Å². The molecule has 0 spiro atoms. The van der Waals surface area contributed by atoms with Crippen LogP contribution in [0.2, 0.25) is 5.02 Å². The number of halogens is 1. The van der Waals surface area contributed by atoms with Crippen LogP contribution < -0.4 is 5.32 Å². The van der Waals surface area contributed by atoms with E-state index in [1.165, 1.54) is 0 Å². The second-order valence-electron chi connectivity index (χ2n) is 3.41. The number of benzene rings is 1. The van der Waals surface area contributed by atoms with Crippen LogP contribution in [0.4, 0.5) is 5.69 Å². The lowest BCUT2D eigenvalue weighted by Crippen LogP contribution is -2.18. The standard InChI is InChI=1S/C10H10ClN3O/c1-14(2)13-9-6-4-3-5-7(11)8(6)12-10(9)15/h3-5H,1-2H3,(H,12,13,15). The predicted octanol–water partition coefficient (Wildman–Crippen LogP) is 1.56. The fourth-order valence-corrected chi connectivity index (χ4v) is 1.66. The summed E-state index contributed by atoms with van der Waals surface area (Å²) < 4.78 is 0. The number of hydrazone groups is 1. The van der Waals surface area contributed by atoms with E-state index in [1.54, 1.807) is 31.2 Å². The number of carbonyl (C=O) groups is 1. The predicted molar refractivity (Wildman–Crippen MR) is 60.3 cm³/mol. The number of para-hydroxylation sites is 1. The average molecular weight is 224 g/mol. The summed E-state index contributed by atoms with van der Waals surface area (Å²) in [6.45, 7) is 0. The molecule has 4 nitrogen and oxygen atoms in total. The lowest BCUT2D eigenvalue weighted by Gasteiger charge is -2.04. The van der Waals surface area contributed by atoms with Crippen molar-refractivity contribution in [2.24, 2.45) is 5.10 Å². The molecule has 0 aliphatic carbocycles. The first kappa shape index (κ1) is 9.98. The topological polar surface area (TPSA) is 44.7 Å². The lowest BCUT2D eigenvalue weighted by atomic mass is 10.1. The van der Waals surface area contributed by atoms with Crippen molar-refractivity contribution < 1.29 is 4.79 Å². The van der Waals surface area contributed by atoms with Gasteiger partial charge in [-0.25, -0.2) is 0 Å². The molecule has 5 heteroatoms. The van der Waals surface area contributed by atoms with Gasteiger partial charge in [-0.05, 0) is 6.07 Å². The molecule has 1 heterocycles. The van der Waals surface area contributed by atoms with Crippen LogP contribution in [-0.2, 0) is 4.79 Å². The summed E-state index contributed by atoms with van der Waals surface area (Å²) in [4.78, 5) is 11.6. The van der Waals surface area contributed by atoms with Crippen LogP contribution >= 0.6 is 11.6 Å². The second-order valence-corrected chi connectivity index (χ2v) is 3.82. The molecular formula is C10H10ClN3O. The number of nitrogens with zero attached hydrogens (tertiary/aromatic N) is 2. The van der Waals surface area contributed by atoms with Gasteiger partial charge in [0.25, 0.3) is 5.91 Å². The highest BCUT2D eigenvalue weighted by molar-refractivity contribution is 6.55. The number of nitrogens with one attached hydrogen (secondary N) is 1. The van der Waals surface area contributed by atoms with Crippen molar-refractivity contribution in [2.45, 2.75) is 0 Å². The van der Waals surface area contributed by atoms with Crippen molar-refractivity contribution >= 4 is 28.9 Å². The Morgan fingerprint density at radius 1 is 1.40 bits per heavy atom. The van der Waals surface area contributed by atoms with E-state index in [9.17, 15) is 4.79 Å². The van der Waals surface area contributed by atoms with Crippen molar-refractivity contribution in [3.05, 3.63) is 28.8 Å². The molecule has 1 aliphatic heterocycles. The first-order valence-electron chi connectivity index (χ1n) is 4.46. The highest BCUT2D eigenvalue weighted by atomic mass is 35.5. The van der Waals surface area contributed by atoms with E-state index >= 15 is 0 Å². The van der Waals surface area contributed by atoms with E-state index in [1.807, 2.05) is 6.07 Å². The number of fused-ring (bicyclic) bond motifs is 1. The van der Waals surface area contributed by atoms with Gasteiger partial charge in [-0.15, -0.1) is 0 Å². The first-order valence-corrected chi connectivity index (χ1v) is 4.83. The summed E-state index contributed by atoms with van der Waals surface area (Å²) in [7, 11) is 3.53. The fourth-order valence-electron chi connectivity index (χ4n) is 1.44. The molecule has 1 aromatic carbocycles. The van der Waals surface area contributed by atoms with Crippen LogP contribution in [0.3, 0.4) is 0 Å². The Labute approximate surface area is 92.5 Å². The normalized spacial score (nSPS) is 16.5. The van der Waals surface area contributed by atoms with Gasteiger partial charge in [0.1, 0.15) is 0 Å². The first-order chi connectivity index (χ1) is 7.09. The highest BCUT2D eigenvalue weighted by Crippen LogP contribution is 2.30. The van der Waals surface area contributed by atoms with Crippen molar-refractivity contribution in [3.63, 3.8) is 0 Å².